The highest BCUT2D eigenvalue weighted by molar-refractivity contribution is 7.17. The van der Waals surface area contributed by atoms with E-state index in [1.807, 2.05) is 42.6 Å². The van der Waals surface area contributed by atoms with Gasteiger partial charge in [0.15, 0.2) is 0 Å². The molecule has 4 aromatic rings. The van der Waals surface area contributed by atoms with Crippen molar-refractivity contribution >= 4 is 27.3 Å². The number of primary amides is 1. The normalized spacial score (nSPS) is 10.8. The number of carbonyl (C=O) groups is 1. The number of ether oxygens (including phenoxy) is 1. The fraction of sp³-hybridized carbons (Fsp3) is 0.0526. The monoisotopic (exact) mass is 362 g/mol. The van der Waals surface area contributed by atoms with Crippen molar-refractivity contribution in [3.05, 3.63) is 65.4 Å². The van der Waals surface area contributed by atoms with Crippen LogP contribution in [0.25, 0.3) is 21.3 Å². The molecule has 0 aliphatic heterocycles. The minimum absolute atomic E-state index is 0.271. The highest BCUT2D eigenvalue weighted by atomic mass is 32.1. The van der Waals surface area contributed by atoms with Crippen molar-refractivity contribution in [1.29, 1.82) is 0 Å². The van der Waals surface area contributed by atoms with Gasteiger partial charge in [-0.25, -0.2) is 9.97 Å². The van der Waals surface area contributed by atoms with Crippen molar-refractivity contribution < 1.29 is 9.53 Å². The summed E-state index contributed by atoms with van der Waals surface area (Å²) >= 11 is 1.46. The first kappa shape index (κ1) is 16.2. The molecule has 6 nitrogen and oxygen atoms in total. The smallest absolute Gasteiger partial charge is 0.322 e. The fourth-order valence-corrected chi connectivity index (χ4v) is 3.59. The van der Waals surface area contributed by atoms with Crippen LogP contribution >= 0.6 is 11.3 Å². The van der Waals surface area contributed by atoms with E-state index < -0.39 is 5.91 Å². The highest BCUT2D eigenvalue weighted by Crippen LogP contribution is 2.37. The molecule has 0 atom stereocenters. The second-order valence-corrected chi connectivity index (χ2v) is 6.54. The Kier molecular flexibility index (Phi) is 4.06. The molecule has 0 unspecified atom stereocenters. The van der Waals surface area contributed by atoms with Gasteiger partial charge in [0.2, 0.25) is 0 Å². The lowest BCUT2D eigenvalue weighted by Crippen LogP contribution is -2.11. The molecule has 0 saturated heterocycles. The van der Waals surface area contributed by atoms with Gasteiger partial charge in [0.1, 0.15) is 5.75 Å². The van der Waals surface area contributed by atoms with Crippen LogP contribution in [0.15, 0.2) is 54.2 Å². The Bertz CT molecular complexity index is 1120. The summed E-state index contributed by atoms with van der Waals surface area (Å²) in [6.07, 6.45) is 3.16. The number of hydrogen-bond donors (Lipinski definition) is 1. The third-order valence-corrected chi connectivity index (χ3v) is 4.82. The number of fused-ring (bicyclic) bond motifs is 1. The number of nitrogens with two attached hydrogens (primary N) is 1. The Morgan fingerprint density at radius 1 is 1.15 bits per heavy atom. The Balaban J connectivity index is 1.85. The molecule has 1 amide bonds. The van der Waals surface area contributed by atoms with Crippen LogP contribution < -0.4 is 10.5 Å². The molecule has 128 valence electrons. The van der Waals surface area contributed by atoms with Crippen LogP contribution in [0, 0.1) is 6.92 Å². The zero-order chi connectivity index (χ0) is 18.1. The van der Waals surface area contributed by atoms with E-state index >= 15 is 0 Å². The first-order chi connectivity index (χ1) is 12.6. The number of thiophene rings is 1. The van der Waals surface area contributed by atoms with E-state index in [0.29, 0.717) is 11.3 Å². The number of hydrogen-bond acceptors (Lipinski definition) is 6. The highest BCUT2D eigenvalue weighted by Gasteiger charge is 2.17. The molecule has 26 heavy (non-hydrogen) atoms. The second kappa shape index (κ2) is 6.53. The molecule has 0 radical (unpaired) electrons. The number of carbonyl (C=O) groups excluding carboxylic acids is 1. The van der Waals surface area contributed by atoms with E-state index in [2.05, 4.69) is 15.0 Å². The lowest BCUT2D eigenvalue weighted by Gasteiger charge is -2.11. The molecule has 0 saturated carbocycles. The predicted octanol–water partition coefficient (Wildman–Crippen LogP) is 3.95. The number of para-hydroxylation sites is 1. The Labute approximate surface area is 153 Å². The third kappa shape index (κ3) is 2.89. The van der Waals surface area contributed by atoms with Crippen molar-refractivity contribution in [2.45, 2.75) is 6.92 Å². The molecule has 4 rings (SSSR count). The number of amides is 1. The van der Waals surface area contributed by atoms with Crippen LogP contribution in [0.3, 0.4) is 0 Å². The molecule has 0 aliphatic carbocycles. The van der Waals surface area contributed by atoms with Crippen molar-refractivity contribution in [1.82, 2.24) is 15.0 Å². The van der Waals surface area contributed by atoms with Gasteiger partial charge in [-0.2, -0.15) is 0 Å². The molecular weight excluding hydrogens is 348 g/mol. The maximum Gasteiger partial charge on any atom is 0.322 e. The zero-order valence-corrected chi connectivity index (χ0v) is 14.7. The van der Waals surface area contributed by atoms with Gasteiger partial charge in [-0.3, -0.25) is 9.78 Å². The lowest BCUT2D eigenvalue weighted by molar-refractivity contribution is 0.100. The summed E-state index contributed by atoms with van der Waals surface area (Å²) in [4.78, 5) is 24.6. The maximum absolute atomic E-state index is 11.6. The van der Waals surface area contributed by atoms with Crippen LogP contribution in [0.2, 0.25) is 0 Å². The standard InChI is InChI=1S/C19H14N4O2S/c1-11-6-8-21-19(23-11)25-15-5-3-2-4-12(15)16-13-7-9-26-17(13)14(10-22-16)18(20)24/h2-10H,1H3,(H2,20,24). The van der Waals surface area contributed by atoms with Gasteiger partial charge in [-0.1, -0.05) is 12.1 Å². The summed E-state index contributed by atoms with van der Waals surface area (Å²) in [7, 11) is 0. The first-order valence-corrected chi connectivity index (χ1v) is 8.74. The average molecular weight is 362 g/mol. The molecule has 3 aromatic heterocycles. The van der Waals surface area contributed by atoms with Gasteiger partial charge < -0.3 is 10.5 Å². The molecular formula is C19H14N4O2S. The SMILES string of the molecule is Cc1ccnc(Oc2ccccc2-c2ncc(C(N)=O)c3sccc23)n1. The number of pyridine rings is 1. The average Bonchev–Trinajstić information content (AvgIpc) is 3.11. The molecule has 0 bridgehead atoms. The van der Waals surface area contributed by atoms with Crippen LogP contribution in [0.1, 0.15) is 16.1 Å². The summed E-state index contributed by atoms with van der Waals surface area (Å²) in [5, 5.41) is 2.77. The van der Waals surface area contributed by atoms with Crippen molar-refractivity contribution in [3.63, 3.8) is 0 Å². The summed E-state index contributed by atoms with van der Waals surface area (Å²) in [5.41, 5.74) is 8.20. The summed E-state index contributed by atoms with van der Waals surface area (Å²) in [6, 6.07) is 11.5. The van der Waals surface area contributed by atoms with Gasteiger partial charge in [-0.15, -0.1) is 11.3 Å². The molecule has 2 N–H and O–H groups in total. The van der Waals surface area contributed by atoms with E-state index in [0.717, 1.165) is 27.0 Å². The third-order valence-electron chi connectivity index (χ3n) is 3.87. The molecule has 0 spiro atoms. The Morgan fingerprint density at radius 2 is 2.00 bits per heavy atom. The molecule has 0 aliphatic rings. The predicted molar refractivity (Wildman–Crippen MR) is 100 cm³/mol. The molecule has 0 fully saturated rings. The van der Waals surface area contributed by atoms with Crippen molar-refractivity contribution in [2.75, 3.05) is 0 Å². The topological polar surface area (TPSA) is 91.0 Å². The van der Waals surface area contributed by atoms with Crippen LogP contribution in [0.4, 0.5) is 0 Å². The number of nitrogens with zero attached hydrogens (tertiary/aromatic N) is 3. The second-order valence-electron chi connectivity index (χ2n) is 5.63. The van der Waals surface area contributed by atoms with Crippen molar-refractivity contribution in [2.24, 2.45) is 5.73 Å². The van der Waals surface area contributed by atoms with E-state index in [9.17, 15) is 4.79 Å². The van der Waals surface area contributed by atoms with Gasteiger partial charge in [0.25, 0.3) is 5.91 Å². The van der Waals surface area contributed by atoms with E-state index in [4.69, 9.17) is 10.5 Å². The number of benzene rings is 1. The van der Waals surface area contributed by atoms with Crippen LogP contribution in [-0.4, -0.2) is 20.9 Å². The van der Waals surface area contributed by atoms with E-state index in [1.165, 1.54) is 17.5 Å². The first-order valence-electron chi connectivity index (χ1n) is 7.86. The van der Waals surface area contributed by atoms with Crippen LogP contribution in [0.5, 0.6) is 11.8 Å². The van der Waals surface area contributed by atoms with Gasteiger partial charge in [0, 0.05) is 29.0 Å². The summed E-state index contributed by atoms with van der Waals surface area (Å²) in [5.74, 6) is 0.0964. The maximum atomic E-state index is 11.6. The number of aromatic nitrogens is 3. The number of aryl methyl sites for hydroxylation is 1. The fourth-order valence-electron chi connectivity index (χ4n) is 2.68. The lowest BCUT2D eigenvalue weighted by atomic mass is 10.1. The Morgan fingerprint density at radius 3 is 2.81 bits per heavy atom. The minimum atomic E-state index is -0.491. The summed E-state index contributed by atoms with van der Waals surface area (Å²) in [6.45, 7) is 1.87. The van der Waals surface area contributed by atoms with Crippen molar-refractivity contribution in [3.8, 4) is 23.0 Å². The van der Waals surface area contributed by atoms with E-state index in [1.54, 1.807) is 12.3 Å². The minimum Gasteiger partial charge on any atom is -0.424 e. The summed E-state index contributed by atoms with van der Waals surface area (Å²) < 4.78 is 6.71. The Hall–Kier alpha value is -3.32. The van der Waals surface area contributed by atoms with E-state index in [-0.39, 0.29) is 6.01 Å². The quantitative estimate of drug-likeness (QED) is 0.593. The molecule has 1 aromatic carbocycles. The zero-order valence-electron chi connectivity index (χ0n) is 13.8. The number of rotatable bonds is 4. The van der Waals surface area contributed by atoms with Gasteiger partial charge >= 0.3 is 6.01 Å². The molecule has 7 heteroatoms. The van der Waals surface area contributed by atoms with Gasteiger partial charge in [-0.05, 0) is 36.6 Å². The largest absolute Gasteiger partial charge is 0.424 e. The van der Waals surface area contributed by atoms with Gasteiger partial charge in [0.05, 0.1) is 16.0 Å². The van der Waals surface area contributed by atoms with Crippen LogP contribution in [-0.2, 0) is 0 Å². The molecule has 3 heterocycles.